The molecule has 0 saturated carbocycles. The van der Waals surface area contributed by atoms with E-state index in [2.05, 4.69) is 15.3 Å². The molecule has 0 fully saturated rings. The standard InChI is InChI=1S/C16H13ClN4/c1-12-15(19-18-13-8-4-2-5-9-13)16(17)21(20-12)14-10-6-3-7-11-14/h2-11H,1H3/b19-18+. The van der Waals surface area contributed by atoms with E-state index in [0.717, 1.165) is 17.1 Å². The highest BCUT2D eigenvalue weighted by Crippen LogP contribution is 2.32. The zero-order valence-corrected chi connectivity index (χ0v) is 12.2. The van der Waals surface area contributed by atoms with Crippen molar-refractivity contribution in [3.8, 4) is 5.69 Å². The van der Waals surface area contributed by atoms with Gasteiger partial charge in [-0.3, -0.25) is 0 Å². The van der Waals surface area contributed by atoms with E-state index >= 15 is 0 Å². The van der Waals surface area contributed by atoms with Gasteiger partial charge in [0.2, 0.25) is 0 Å². The van der Waals surface area contributed by atoms with Gasteiger partial charge in [0.1, 0.15) is 5.69 Å². The molecule has 4 nitrogen and oxygen atoms in total. The van der Waals surface area contributed by atoms with Gasteiger partial charge < -0.3 is 0 Å². The Labute approximate surface area is 127 Å². The fourth-order valence-corrected chi connectivity index (χ4v) is 2.26. The lowest BCUT2D eigenvalue weighted by atomic mass is 10.3. The molecule has 3 aromatic rings. The first kappa shape index (κ1) is 13.5. The van der Waals surface area contributed by atoms with Crippen molar-refractivity contribution in [2.45, 2.75) is 6.92 Å². The Morgan fingerprint density at radius 2 is 1.52 bits per heavy atom. The number of halogens is 1. The highest BCUT2D eigenvalue weighted by atomic mass is 35.5. The molecule has 0 aliphatic heterocycles. The van der Waals surface area contributed by atoms with E-state index < -0.39 is 0 Å². The van der Waals surface area contributed by atoms with Crippen LogP contribution < -0.4 is 0 Å². The van der Waals surface area contributed by atoms with E-state index in [4.69, 9.17) is 11.6 Å². The van der Waals surface area contributed by atoms with Gasteiger partial charge in [0, 0.05) is 0 Å². The molecule has 0 amide bonds. The number of azo groups is 1. The Morgan fingerprint density at radius 1 is 0.905 bits per heavy atom. The second-order valence-corrected chi connectivity index (χ2v) is 4.87. The van der Waals surface area contributed by atoms with Crippen molar-refractivity contribution < 1.29 is 0 Å². The lowest BCUT2D eigenvalue weighted by Gasteiger charge is -2.01. The van der Waals surface area contributed by atoms with Crippen molar-refractivity contribution in [1.82, 2.24) is 9.78 Å². The molecule has 1 aromatic heterocycles. The van der Waals surface area contributed by atoms with Gasteiger partial charge in [0.15, 0.2) is 5.15 Å². The molecule has 0 aliphatic rings. The predicted octanol–water partition coefficient (Wildman–Crippen LogP) is 5.25. The Morgan fingerprint density at radius 3 is 2.19 bits per heavy atom. The van der Waals surface area contributed by atoms with Crippen LogP contribution in [-0.2, 0) is 0 Å². The van der Waals surface area contributed by atoms with Crippen LogP contribution >= 0.6 is 11.6 Å². The highest BCUT2D eigenvalue weighted by Gasteiger charge is 2.14. The lowest BCUT2D eigenvalue weighted by Crippen LogP contribution is -1.95. The molecule has 2 aromatic carbocycles. The number of aryl methyl sites for hydroxylation is 1. The van der Waals surface area contributed by atoms with Crippen LogP contribution in [0.5, 0.6) is 0 Å². The molecule has 3 rings (SSSR count). The van der Waals surface area contributed by atoms with Crippen molar-refractivity contribution >= 4 is 23.0 Å². The minimum Gasteiger partial charge on any atom is -0.220 e. The zero-order chi connectivity index (χ0) is 14.7. The SMILES string of the molecule is Cc1nn(-c2ccccc2)c(Cl)c1/N=N/c1ccccc1. The highest BCUT2D eigenvalue weighted by molar-refractivity contribution is 6.32. The Kier molecular flexibility index (Phi) is 3.79. The van der Waals surface area contributed by atoms with Crippen LogP contribution in [0.4, 0.5) is 11.4 Å². The Hall–Kier alpha value is -2.46. The number of para-hydroxylation sites is 1. The molecule has 0 aliphatic carbocycles. The van der Waals surface area contributed by atoms with E-state index in [1.54, 1.807) is 4.68 Å². The second-order valence-electron chi connectivity index (χ2n) is 4.51. The van der Waals surface area contributed by atoms with Crippen molar-refractivity contribution in [1.29, 1.82) is 0 Å². The molecule has 0 bridgehead atoms. The molecule has 0 N–H and O–H groups in total. The zero-order valence-electron chi connectivity index (χ0n) is 11.4. The Balaban J connectivity index is 1.98. The summed E-state index contributed by atoms with van der Waals surface area (Å²) in [7, 11) is 0. The third-order valence-electron chi connectivity index (χ3n) is 3.00. The van der Waals surface area contributed by atoms with Crippen molar-refractivity contribution in [3.05, 3.63) is 71.5 Å². The maximum absolute atomic E-state index is 6.38. The van der Waals surface area contributed by atoms with Crippen LogP contribution in [0.15, 0.2) is 70.9 Å². The molecule has 0 saturated heterocycles. The van der Waals surface area contributed by atoms with Crippen LogP contribution in [0.25, 0.3) is 5.69 Å². The van der Waals surface area contributed by atoms with E-state index in [1.807, 2.05) is 67.6 Å². The van der Waals surface area contributed by atoms with Gasteiger partial charge in [-0.1, -0.05) is 48.0 Å². The number of benzene rings is 2. The smallest absolute Gasteiger partial charge is 0.160 e. The molecule has 1 heterocycles. The quantitative estimate of drug-likeness (QED) is 0.609. The minimum absolute atomic E-state index is 0.457. The first-order valence-electron chi connectivity index (χ1n) is 6.53. The third kappa shape index (κ3) is 2.85. The first-order chi connectivity index (χ1) is 10.3. The lowest BCUT2D eigenvalue weighted by molar-refractivity contribution is 0.863. The maximum atomic E-state index is 6.38. The molecular weight excluding hydrogens is 284 g/mol. The van der Waals surface area contributed by atoms with E-state index in [1.165, 1.54) is 0 Å². The van der Waals surface area contributed by atoms with Crippen molar-refractivity contribution in [3.63, 3.8) is 0 Å². The maximum Gasteiger partial charge on any atom is 0.160 e. The Bertz CT molecular complexity index is 764. The van der Waals surface area contributed by atoms with E-state index in [9.17, 15) is 0 Å². The summed E-state index contributed by atoms with van der Waals surface area (Å²) in [6.45, 7) is 1.87. The van der Waals surface area contributed by atoms with Crippen LogP contribution in [-0.4, -0.2) is 9.78 Å². The van der Waals surface area contributed by atoms with Gasteiger partial charge in [-0.2, -0.15) is 10.2 Å². The number of nitrogens with zero attached hydrogens (tertiary/aromatic N) is 4. The van der Waals surface area contributed by atoms with Gasteiger partial charge in [0.25, 0.3) is 0 Å². The summed E-state index contributed by atoms with van der Waals surface area (Å²) < 4.78 is 1.66. The van der Waals surface area contributed by atoms with Crippen molar-refractivity contribution in [2.24, 2.45) is 10.2 Å². The van der Waals surface area contributed by atoms with Gasteiger partial charge in [0.05, 0.1) is 17.1 Å². The van der Waals surface area contributed by atoms with Gasteiger partial charge in [-0.05, 0) is 31.2 Å². The summed E-state index contributed by atoms with van der Waals surface area (Å²) in [5.74, 6) is 0. The van der Waals surface area contributed by atoms with Gasteiger partial charge in [-0.15, -0.1) is 5.11 Å². The molecule has 0 unspecified atom stereocenters. The summed E-state index contributed by atoms with van der Waals surface area (Å²) in [6, 6.07) is 19.2. The molecule has 104 valence electrons. The molecule has 21 heavy (non-hydrogen) atoms. The molecule has 5 heteroatoms. The summed E-state index contributed by atoms with van der Waals surface area (Å²) in [5.41, 5.74) is 3.00. The summed E-state index contributed by atoms with van der Waals surface area (Å²) in [5, 5.41) is 13.3. The number of hydrogen-bond donors (Lipinski definition) is 0. The fraction of sp³-hybridized carbons (Fsp3) is 0.0625. The average molecular weight is 297 g/mol. The van der Waals surface area contributed by atoms with Gasteiger partial charge in [-0.25, -0.2) is 4.68 Å². The fourth-order valence-electron chi connectivity index (χ4n) is 1.95. The molecule has 0 spiro atoms. The predicted molar refractivity (Wildman–Crippen MR) is 83.9 cm³/mol. The van der Waals surface area contributed by atoms with Crippen LogP contribution in [0.2, 0.25) is 5.15 Å². The van der Waals surface area contributed by atoms with Crippen LogP contribution in [0.3, 0.4) is 0 Å². The normalized spacial score (nSPS) is 11.1. The van der Waals surface area contributed by atoms with E-state index in [-0.39, 0.29) is 0 Å². The number of hydrogen-bond acceptors (Lipinski definition) is 3. The number of rotatable bonds is 3. The van der Waals surface area contributed by atoms with Gasteiger partial charge >= 0.3 is 0 Å². The second kappa shape index (κ2) is 5.89. The van der Waals surface area contributed by atoms with Crippen molar-refractivity contribution in [2.75, 3.05) is 0 Å². The molecule has 0 radical (unpaired) electrons. The average Bonchev–Trinajstić information content (AvgIpc) is 2.82. The first-order valence-corrected chi connectivity index (χ1v) is 6.91. The van der Waals surface area contributed by atoms with Crippen LogP contribution in [0.1, 0.15) is 5.69 Å². The largest absolute Gasteiger partial charge is 0.220 e. The monoisotopic (exact) mass is 296 g/mol. The summed E-state index contributed by atoms with van der Waals surface area (Å²) in [4.78, 5) is 0. The topological polar surface area (TPSA) is 42.5 Å². The molecular formula is C16H13ClN4. The summed E-state index contributed by atoms with van der Waals surface area (Å²) in [6.07, 6.45) is 0. The summed E-state index contributed by atoms with van der Waals surface area (Å²) >= 11 is 6.38. The van der Waals surface area contributed by atoms with Crippen LogP contribution in [0, 0.1) is 6.92 Å². The molecule has 0 atom stereocenters. The minimum atomic E-state index is 0.457. The number of aromatic nitrogens is 2. The third-order valence-corrected chi connectivity index (χ3v) is 3.34. The van der Waals surface area contributed by atoms with E-state index in [0.29, 0.717) is 10.8 Å².